The van der Waals surface area contributed by atoms with Gasteiger partial charge in [0.1, 0.15) is 0 Å². The van der Waals surface area contributed by atoms with Crippen LogP contribution in [0.5, 0.6) is 11.5 Å². The van der Waals surface area contributed by atoms with Gasteiger partial charge >= 0.3 is 0 Å². The maximum absolute atomic E-state index is 13.6. The molecule has 1 aromatic heterocycles. The number of rotatable bonds is 10. The Morgan fingerprint density at radius 2 is 1.79 bits per heavy atom. The molecule has 5 rings (SSSR count). The van der Waals surface area contributed by atoms with Gasteiger partial charge in [-0.15, -0.1) is 0 Å². The Hall–Kier alpha value is -3.73. The van der Waals surface area contributed by atoms with E-state index in [1.54, 1.807) is 12.1 Å². The molecule has 0 saturated carbocycles. The van der Waals surface area contributed by atoms with Crippen molar-refractivity contribution in [3.63, 3.8) is 0 Å². The van der Waals surface area contributed by atoms with Gasteiger partial charge in [-0.05, 0) is 24.6 Å². The molecule has 0 spiro atoms. The van der Waals surface area contributed by atoms with Crippen molar-refractivity contribution >= 4 is 40.2 Å². The molecule has 1 saturated heterocycles. The van der Waals surface area contributed by atoms with Gasteiger partial charge in [0.15, 0.2) is 16.7 Å². The van der Waals surface area contributed by atoms with Crippen molar-refractivity contribution in [1.82, 2.24) is 19.8 Å². The molecule has 10 nitrogen and oxygen atoms in total. The third kappa shape index (κ3) is 6.30. The maximum atomic E-state index is 13.6. The van der Waals surface area contributed by atoms with Crippen LogP contribution in [0.1, 0.15) is 26.2 Å². The van der Waals surface area contributed by atoms with Gasteiger partial charge < -0.3 is 24.6 Å². The van der Waals surface area contributed by atoms with E-state index in [0.29, 0.717) is 47.2 Å². The summed E-state index contributed by atoms with van der Waals surface area (Å²) in [5.74, 6) is 1.03. The highest BCUT2D eigenvalue weighted by Gasteiger charge is 2.23. The first-order chi connectivity index (χ1) is 19.0. The van der Waals surface area contributed by atoms with Crippen molar-refractivity contribution in [3.05, 3.63) is 52.8 Å². The summed E-state index contributed by atoms with van der Waals surface area (Å²) < 4.78 is 12.4. The lowest BCUT2D eigenvalue weighted by Gasteiger charge is -2.36. The number of aromatic nitrogens is 2. The number of carbonyl (C=O) groups is 2. The third-order valence-electron chi connectivity index (χ3n) is 6.90. The number of thioether (sulfide) groups is 1. The van der Waals surface area contributed by atoms with Crippen molar-refractivity contribution in [3.8, 4) is 11.5 Å². The monoisotopic (exact) mass is 551 g/mol. The minimum atomic E-state index is -0.270. The number of amides is 2. The highest BCUT2D eigenvalue weighted by Crippen LogP contribution is 2.35. The van der Waals surface area contributed by atoms with Gasteiger partial charge in [-0.1, -0.05) is 43.3 Å². The Labute approximate surface area is 231 Å². The molecule has 2 aliphatic rings. The lowest BCUT2D eigenvalue weighted by Crippen LogP contribution is -2.49. The van der Waals surface area contributed by atoms with Crippen LogP contribution in [0.4, 0.5) is 5.69 Å². The van der Waals surface area contributed by atoms with E-state index in [2.05, 4.69) is 29.3 Å². The molecule has 0 unspecified atom stereocenters. The molecule has 0 atom stereocenters. The van der Waals surface area contributed by atoms with Gasteiger partial charge in [-0.3, -0.25) is 19.0 Å². The van der Waals surface area contributed by atoms with Gasteiger partial charge in [-0.25, -0.2) is 4.98 Å². The van der Waals surface area contributed by atoms with Crippen LogP contribution in [-0.2, 0) is 16.1 Å². The summed E-state index contributed by atoms with van der Waals surface area (Å²) in [6, 6.07) is 13.5. The van der Waals surface area contributed by atoms with E-state index in [-0.39, 0.29) is 42.9 Å². The Morgan fingerprint density at radius 3 is 2.54 bits per heavy atom. The maximum Gasteiger partial charge on any atom is 0.262 e. The largest absolute Gasteiger partial charge is 0.454 e. The number of benzene rings is 2. The van der Waals surface area contributed by atoms with Gasteiger partial charge in [-0.2, -0.15) is 0 Å². The summed E-state index contributed by atoms with van der Waals surface area (Å²) in [5.41, 5.74) is 1.35. The van der Waals surface area contributed by atoms with E-state index >= 15 is 0 Å². The Bertz CT molecular complexity index is 1390. The number of unbranched alkanes of at least 4 members (excludes halogenated alkanes) is 1. The number of carbonyl (C=O) groups excluding carboxylic acids is 2. The molecule has 2 aromatic carbocycles. The minimum Gasteiger partial charge on any atom is -0.454 e. The molecule has 0 aliphatic carbocycles. The SMILES string of the molecule is CCCCNC(=O)CSc1nc2cc3c(cc2c(=O)n1CCC(=O)N1CCN(c2ccccc2)CC1)OCO3. The number of hydrogen-bond donors (Lipinski definition) is 1. The van der Waals surface area contributed by atoms with E-state index in [0.717, 1.165) is 31.6 Å². The van der Waals surface area contributed by atoms with Crippen molar-refractivity contribution in [2.24, 2.45) is 0 Å². The van der Waals surface area contributed by atoms with Crippen LogP contribution in [0, 0.1) is 0 Å². The standard InChI is InChI=1S/C28H33N5O5S/c1-2-3-10-29-25(34)18-39-28-30-22-17-24-23(37-19-38-24)16-21(22)27(36)33(28)11-9-26(35)32-14-12-31(13-15-32)20-7-5-4-6-8-20/h4-8,16-17H,2-3,9-15,18-19H2,1H3,(H,29,34). The number of para-hydroxylation sites is 1. The zero-order valence-corrected chi connectivity index (χ0v) is 22.9. The van der Waals surface area contributed by atoms with Crippen LogP contribution in [0.3, 0.4) is 0 Å². The molecule has 3 aromatic rings. The minimum absolute atomic E-state index is 0.00588. The molecule has 1 N–H and O–H groups in total. The molecule has 3 heterocycles. The normalized spacial score (nSPS) is 14.6. The summed E-state index contributed by atoms with van der Waals surface area (Å²) in [5, 5.41) is 3.68. The number of nitrogens with one attached hydrogen (secondary N) is 1. The quantitative estimate of drug-likeness (QED) is 0.233. The fourth-order valence-corrected chi connectivity index (χ4v) is 5.56. The van der Waals surface area contributed by atoms with Crippen molar-refractivity contribution < 1.29 is 19.1 Å². The molecular weight excluding hydrogens is 518 g/mol. The molecule has 206 valence electrons. The molecule has 0 radical (unpaired) electrons. The molecule has 2 aliphatic heterocycles. The van der Waals surface area contributed by atoms with Gasteiger partial charge in [0.25, 0.3) is 5.56 Å². The average molecular weight is 552 g/mol. The summed E-state index contributed by atoms with van der Waals surface area (Å²) in [7, 11) is 0. The van der Waals surface area contributed by atoms with E-state index in [1.165, 1.54) is 16.3 Å². The van der Waals surface area contributed by atoms with Crippen LogP contribution in [0.25, 0.3) is 10.9 Å². The first-order valence-corrected chi connectivity index (χ1v) is 14.3. The Morgan fingerprint density at radius 1 is 1.05 bits per heavy atom. The van der Waals surface area contributed by atoms with Crippen molar-refractivity contribution in [2.75, 3.05) is 50.2 Å². The van der Waals surface area contributed by atoms with E-state index < -0.39 is 0 Å². The summed E-state index contributed by atoms with van der Waals surface area (Å²) in [4.78, 5) is 47.9. The zero-order chi connectivity index (χ0) is 27.2. The predicted octanol–water partition coefficient (Wildman–Crippen LogP) is 2.87. The lowest BCUT2D eigenvalue weighted by molar-refractivity contribution is -0.131. The average Bonchev–Trinajstić information content (AvgIpc) is 3.43. The fraction of sp³-hybridized carbons (Fsp3) is 0.429. The van der Waals surface area contributed by atoms with Gasteiger partial charge in [0.05, 0.1) is 16.7 Å². The molecule has 39 heavy (non-hydrogen) atoms. The second-order valence-electron chi connectivity index (χ2n) is 9.52. The van der Waals surface area contributed by atoms with Gasteiger partial charge in [0, 0.05) is 57.4 Å². The number of nitrogens with zero attached hydrogens (tertiary/aromatic N) is 4. The zero-order valence-electron chi connectivity index (χ0n) is 22.1. The number of anilines is 1. The number of ether oxygens (including phenoxy) is 2. The van der Waals surface area contributed by atoms with Crippen LogP contribution in [0.2, 0.25) is 0 Å². The summed E-state index contributed by atoms with van der Waals surface area (Å²) >= 11 is 1.20. The van der Waals surface area contributed by atoms with Crippen molar-refractivity contribution in [2.45, 2.75) is 37.9 Å². The van der Waals surface area contributed by atoms with Gasteiger partial charge in [0.2, 0.25) is 18.6 Å². The first kappa shape index (κ1) is 26.9. The van der Waals surface area contributed by atoms with Crippen LogP contribution in [0.15, 0.2) is 52.4 Å². The van der Waals surface area contributed by atoms with E-state index in [9.17, 15) is 14.4 Å². The van der Waals surface area contributed by atoms with E-state index in [1.807, 2.05) is 23.1 Å². The molecule has 0 bridgehead atoms. The second kappa shape index (κ2) is 12.4. The Balaban J connectivity index is 1.30. The number of fused-ring (bicyclic) bond motifs is 2. The lowest BCUT2D eigenvalue weighted by atomic mass is 10.2. The summed E-state index contributed by atoms with van der Waals surface area (Å²) in [6.45, 7) is 5.71. The fourth-order valence-electron chi connectivity index (χ4n) is 4.70. The molecule has 11 heteroatoms. The molecular formula is C28H33N5O5S. The number of hydrogen-bond acceptors (Lipinski definition) is 8. The van der Waals surface area contributed by atoms with Crippen LogP contribution < -0.4 is 25.2 Å². The second-order valence-corrected chi connectivity index (χ2v) is 10.5. The highest BCUT2D eigenvalue weighted by molar-refractivity contribution is 7.99. The first-order valence-electron chi connectivity index (χ1n) is 13.3. The predicted molar refractivity (Wildman–Crippen MR) is 151 cm³/mol. The van der Waals surface area contributed by atoms with Crippen LogP contribution in [-0.4, -0.2) is 71.5 Å². The van der Waals surface area contributed by atoms with E-state index in [4.69, 9.17) is 14.5 Å². The Kier molecular flexibility index (Phi) is 8.55. The highest BCUT2D eigenvalue weighted by atomic mass is 32.2. The number of piperazine rings is 1. The molecule has 2 amide bonds. The molecule has 1 fully saturated rings. The third-order valence-corrected chi connectivity index (χ3v) is 7.88. The van der Waals surface area contributed by atoms with Crippen LogP contribution >= 0.6 is 11.8 Å². The van der Waals surface area contributed by atoms with Crippen molar-refractivity contribution in [1.29, 1.82) is 0 Å². The topological polar surface area (TPSA) is 106 Å². The smallest absolute Gasteiger partial charge is 0.262 e. The summed E-state index contributed by atoms with van der Waals surface area (Å²) in [6.07, 6.45) is 2.06.